The molecule has 10 rings (SSSR count). The fourth-order valence-corrected chi connectivity index (χ4v) is 7.93. The maximum absolute atomic E-state index is 6.79. The van der Waals surface area contributed by atoms with Gasteiger partial charge < -0.3 is 9.64 Å². The van der Waals surface area contributed by atoms with Crippen LogP contribution in [0.1, 0.15) is 0 Å². The molecule has 2 heteroatoms. The van der Waals surface area contributed by atoms with E-state index in [0.717, 1.165) is 61.9 Å². The number of benzene rings is 9. The number of ether oxygens (including phenoxy) is 1. The first-order chi connectivity index (χ1) is 27.8. The van der Waals surface area contributed by atoms with Crippen molar-refractivity contribution >= 4 is 17.1 Å². The van der Waals surface area contributed by atoms with Crippen LogP contribution < -0.4 is 9.64 Å². The van der Waals surface area contributed by atoms with Crippen LogP contribution in [0.3, 0.4) is 0 Å². The highest BCUT2D eigenvalue weighted by atomic mass is 16.5. The van der Waals surface area contributed by atoms with E-state index in [0.29, 0.717) is 0 Å². The lowest BCUT2D eigenvalue weighted by Gasteiger charge is -2.26. The molecule has 1 heterocycles. The molecule has 0 unspecified atom stereocenters. The van der Waals surface area contributed by atoms with Crippen molar-refractivity contribution < 1.29 is 4.74 Å². The van der Waals surface area contributed by atoms with E-state index in [1.165, 1.54) is 33.4 Å². The van der Waals surface area contributed by atoms with Gasteiger partial charge in [-0.05, 0) is 110 Å². The van der Waals surface area contributed by atoms with Gasteiger partial charge in [0, 0.05) is 28.2 Å². The molecule has 9 aromatic rings. The lowest BCUT2D eigenvalue weighted by atomic mass is 9.88. The summed E-state index contributed by atoms with van der Waals surface area (Å²) < 4.78 is 6.79. The zero-order valence-electron chi connectivity index (χ0n) is 30.7. The first kappa shape index (κ1) is 33.2. The van der Waals surface area contributed by atoms with E-state index in [4.69, 9.17) is 4.74 Å². The summed E-state index contributed by atoms with van der Waals surface area (Å²) in [6, 6.07) is 79.9. The predicted molar refractivity (Wildman–Crippen MR) is 234 cm³/mol. The average Bonchev–Trinajstić information content (AvgIpc) is 3.42. The van der Waals surface area contributed by atoms with Crippen LogP contribution in [0.2, 0.25) is 0 Å². The van der Waals surface area contributed by atoms with E-state index < -0.39 is 0 Å². The lowest BCUT2D eigenvalue weighted by molar-refractivity contribution is 0.488. The fraction of sp³-hybridized carbons (Fsp3) is 0. The third-order valence-electron chi connectivity index (χ3n) is 10.7. The minimum Gasteiger partial charge on any atom is -0.456 e. The Hall–Kier alpha value is -7.42. The normalized spacial score (nSPS) is 11.4. The lowest BCUT2D eigenvalue weighted by Crippen LogP contribution is -2.09. The summed E-state index contributed by atoms with van der Waals surface area (Å²) in [7, 11) is 0. The van der Waals surface area contributed by atoms with Gasteiger partial charge in [-0.2, -0.15) is 0 Å². The van der Waals surface area contributed by atoms with Crippen molar-refractivity contribution in [3.63, 3.8) is 0 Å². The molecule has 264 valence electrons. The molecule has 9 aromatic carbocycles. The topological polar surface area (TPSA) is 12.5 Å². The Morgan fingerprint density at radius 3 is 1.20 bits per heavy atom. The van der Waals surface area contributed by atoms with Crippen molar-refractivity contribution in [1.82, 2.24) is 0 Å². The Morgan fingerprint density at radius 2 is 0.661 bits per heavy atom. The quantitative estimate of drug-likeness (QED) is 0.163. The van der Waals surface area contributed by atoms with E-state index in [1.807, 2.05) is 0 Å². The molecule has 0 saturated heterocycles. The SMILES string of the molecule is c1ccc(-c2ccc(N(c3ccc(-c4ccccc4)cc3)c3ccc(-c4cccc5c4-c4ccccc4-c4cc(-c6ccccc6)ccc4O5)cc3)cc2)cc1. The molecule has 0 radical (unpaired) electrons. The summed E-state index contributed by atoms with van der Waals surface area (Å²) in [6.45, 7) is 0. The second kappa shape index (κ2) is 14.4. The van der Waals surface area contributed by atoms with Gasteiger partial charge >= 0.3 is 0 Å². The second-order valence-corrected chi connectivity index (χ2v) is 14.1. The molecule has 0 bridgehead atoms. The molecule has 0 fully saturated rings. The van der Waals surface area contributed by atoms with E-state index in [9.17, 15) is 0 Å². The van der Waals surface area contributed by atoms with Crippen molar-refractivity contribution in [3.8, 4) is 78.3 Å². The number of rotatable bonds is 7. The van der Waals surface area contributed by atoms with Gasteiger partial charge in [0.2, 0.25) is 0 Å². The van der Waals surface area contributed by atoms with Crippen molar-refractivity contribution in [2.24, 2.45) is 0 Å². The maximum atomic E-state index is 6.79. The Labute approximate surface area is 328 Å². The molecule has 1 aliphatic heterocycles. The summed E-state index contributed by atoms with van der Waals surface area (Å²) in [5.41, 5.74) is 17.1. The summed E-state index contributed by atoms with van der Waals surface area (Å²) in [5.74, 6) is 1.71. The van der Waals surface area contributed by atoms with Crippen LogP contribution in [0.25, 0.3) is 66.8 Å². The van der Waals surface area contributed by atoms with Crippen LogP contribution in [0.5, 0.6) is 11.5 Å². The van der Waals surface area contributed by atoms with Gasteiger partial charge in [0.15, 0.2) is 0 Å². The van der Waals surface area contributed by atoms with Crippen LogP contribution >= 0.6 is 0 Å². The highest BCUT2D eigenvalue weighted by molar-refractivity contribution is 5.98. The van der Waals surface area contributed by atoms with Gasteiger partial charge in [0.25, 0.3) is 0 Å². The van der Waals surface area contributed by atoms with Crippen LogP contribution in [0.15, 0.2) is 224 Å². The minimum absolute atomic E-state index is 0.851. The Kier molecular flexibility index (Phi) is 8.55. The van der Waals surface area contributed by atoms with E-state index in [-0.39, 0.29) is 0 Å². The summed E-state index contributed by atoms with van der Waals surface area (Å²) >= 11 is 0. The van der Waals surface area contributed by atoms with Gasteiger partial charge in [-0.1, -0.05) is 170 Å². The summed E-state index contributed by atoms with van der Waals surface area (Å²) in [5, 5.41) is 0. The van der Waals surface area contributed by atoms with Crippen molar-refractivity contribution in [1.29, 1.82) is 0 Å². The van der Waals surface area contributed by atoms with E-state index >= 15 is 0 Å². The third-order valence-corrected chi connectivity index (χ3v) is 10.7. The molecule has 0 saturated carbocycles. The van der Waals surface area contributed by atoms with Crippen LogP contribution in [-0.4, -0.2) is 0 Å². The summed E-state index contributed by atoms with van der Waals surface area (Å²) in [6.07, 6.45) is 0. The number of fused-ring (bicyclic) bond motifs is 5. The van der Waals surface area contributed by atoms with Gasteiger partial charge in [-0.15, -0.1) is 0 Å². The molecular formula is C54H37NO. The zero-order valence-corrected chi connectivity index (χ0v) is 30.7. The second-order valence-electron chi connectivity index (χ2n) is 14.1. The number of anilines is 3. The Morgan fingerprint density at radius 1 is 0.250 bits per heavy atom. The Balaban J connectivity index is 1.05. The highest BCUT2D eigenvalue weighted by Gasteiger charge is 2.24. The maximum Gasteiger partial charge on any atom is 0.135 e. The third kappa shape index (κ3) is 6.24. The van der Waals surface area contributed by atoms with E-state index in [1.54, 1.807) is 0 Å². The number of hydrogen-bond donors (Lipinski definition) is 0. The van der Waals surface area contributed by atoms with Gasteiger partial charge in [0.1, 0.15) is 11.5 Å². The van der Waals surface area contributed by atoms with Crippen LogP contribution in [-0.2, 0) is 0 Å². The highest BCUT2D eigenvalue weighted by Crippen LogP contribution is 2.51. The predicted octanol–water partition coefficient (Wildman–Crippen LogP) is 15.3. The molecule has 0 N–H and O–H groups in total. The average molecular weight is 716 g/mol. The van der Waals surface area contributed by atoms with Crippen molar-refractivity contribution in [2.75, 3.05) is 4.90 Å². The standard InChI is InChI=1S/C54H37NO/c1-4-13-38(14-5-1)41-23-30-45(31-24-41)55(46-32-25-42(26-33-46)39-15-6-2-7-16-39)47-34-27-43(28-35-47)48-21-12-22-53-54(48)50-20-11-10-19-49(50)51-37-44(29-36-52(51)56-53)40-17-8-3-9-18-40/h1-37H. The Bertz CT molecular complexity index is 2690. The monoisotopic (exact) mass is 715 g/mol. The number of hydrogen-bond acceptors (Lipinski definition) is 2. The fourth-order valence-electron chi connectivity index (χ4n) is 7.93. The van der Waals surface area contributed by atoms with Crippen molar-refractivity contribution in [2.45, 2.75) is 0 Å². The molecule has 0 atom stereocenters. The molecule has 0 amide bonds. The van der Waals surface area contributed by atoms with Crippen LogP contribution in [0.4, 0.5) is 17.1 Å². The first-order valence-corrected chi connectivity index (χ1v) is 19.1. The zero-order chi connectivity index (χ0) is 37.3. The molecule has 2 nitrogen and oxygen atoms in total. The van der Waals surface area contributed by atoms with Gasteiger partial charge in [-0.3, -0.25) is 0 Å². The minimum atomic E-state index is 0.851. The smallest absolute Gasteiger partial charge is 0.135 e. The van der Waals surface area contributed by atoms with Gasteiger partial charge in [0.05, 0.1) is 0 Å². The first-order valence-electron chi connectivity index (χ1n) is 19.1. The molecular weight excluding hydrogens is 679 g/mol. The van der Waals surface area contributed by atoms with Crippen molar-refractivity contribution in [3.05, 3.63) is 224 Å². The molecule has 0 aliphatic carbocycles. The molecule has 1 aliphatic rings. The van der Waals surface area contributed by atoms with E-state index in [2.05, 4.69) is 229 Å². The van der Waals surface area contributed by atoms with Crippen LogP contribution in [0, 0.1) is 0 Å². The molecule has 0 aromatic heterocycles. The van der Waals surface area contributed by atoms with Gasteiger partial charge in [-0.25, -0.2) is 0 Å². The largest absolute Gasteiger partial charge is 0.456 e. The summed E-state index contributed by atoms with van der Waals surface area (Å²) in [4.78, 5) is 2.33. The number of nitrogens with zero attached hydrogens (tertiary/aromatic N) is 1. The molecule has 0 spiro atoms. The molecule has 56 heavy (non-hydrogen) atoms.